The molecule has 0 unspecified atom stereocenters. The normalized spacial score (nSPS) is 13.5. The third kappa shape index (κ3) is 3.55. The van der Waals surface area contributed by atoms with Crippen LogP contribution in [0.2, 0.25) is 10.0 Å². The molecule has 4 rings (SSSR count). The van der Waals surface area contributed by atoms with Crippen LogP contribution in [-0.2, 0) is 4.74 Å². The standard InChI is InChI=1S/C22H20Cl2N2O2/c1-27-11-12-28-21-17(22-25-9-10-26-22)13-14-5-2-3-6-15(14)19(21)16-7-4-8-18(23)20(16)24/h2-8,13H,9-12H2,1H3,(H,25,26). The van der Waals surface area contributed by atoms with Crippen LogP contribution < -0.4 is 10.1 Å². The van der Waals surface area contributed by atoms with Crippen LogP contribution >= 0.6 is 23.2 Å². The van der Waals surface area contributed by atoms with Crippen molar-refractivity contribution in [1.29, 1.82) is 0 Å². The number of methoxy groups -OCH3 is 1. The van der Waals surface area contributed by atoms with Gasteiger partial charge in [0, 0.05) is 24.8 Å². The predicted octanol–water partition coefficient (Wildman–Crippen LogP) is 5.19. The van der Waals surface area contributed by atoms with Gasteiger partial charge in [0.15, 0.2) is 0 Å². The van der Waals surface area contributed by atoms with Crippen molar-refractivity contribution in [1.82, 2.24) is 5.32 Å². The van der Waals surface area contributed by atoms with Gasteiger partial charge in [-0.05, 0) is 22.9 Å². The number of fused-ring (bicyclic) bond motifs is 1. The van der Waals surface area contributed by atoms with E-state index in [1.807, 2.05) is 24.3 Å². The molecule has 0 saturated carbocycles. The van der Waals surface area contributed by atoms with E-state index in [4.69, 9.17) is 32.7 Å². The minimum atomic E-state index is 0.417. The first-order valence-corrected chi connectivity index (χ1v) is 9.87. The summed E-state index contributed by atoms with van der Waals surface area (Å²) in [5.41, 5.74) is 2.66. The van der Waals surface area contributed by atoms with Gasteiger partial charge in [-0.3, -0.25) is 4.99 Å². The molecule has 0 spiro atoms. The van der Waals surface area contributed by atoms with Gasteiger partial charge in [-0.2, -0.15) is 0 Å². The van der Waals surface area contributed by atoms with Gasteiger partial charge in [0.1, 0.15) is 18.2 Å². The highest BCUT2D eigenvalue weighted by atomic mass is 35.5. The van der Waals surface area contributed by atoms with Gasteiger partial charge in [0.25, 0.3) is 0 Å². The second kappa shape index (κ2) is 8.39. The number of nitrogens with one attached hydrogen (secondary N) is 1. The van der Waals surface area contributed by atoms with E-state index in [9.17, 15) is 0 Å². The Balaban J connectivity index is 2.03. The van der Waals surface area contributed by atoms with E-state index in [2.05, 4.69) is 28.5 Å². The molecule has 0 saturated heterocycles. The summed E-state index contributed by atoms with van der Waals surface area (Å²) < 4.78 is 11.4. The van der Waals surface area contributed by atoms with Crippen molar-refractivity contribution < 1.29 is 9.47 Å². The molecule has 6 heteroatoms. The van der Waals surface area contributed by atoms with Gasteiger partial charge in [0.05, 0.1) is 28.8 Å². The first-order valence-electron chi connectivity index (χ1n) is 9.11. The van der Waals surface area contributed by atoms with Gasteiger partial charge >= 0.3 is 0 Å². The monoisotopic (exact) mass is 414 g/mol. The largest absolute Gasteiger partial charge is 0.490 e. The molecule has 144 valence electrons. The number of hydrogen-bond acceptors (Lipinski definition) is 4. The molecule has 0 atom stereocenters. The van der Waals surface area contributed by atoms with E-state index < -0.39 is 0 Å². The summed E-state index contributed by atoms with van der Waals surface area (Å²) >= 11 is 12.9. The van der Waals surface area contributed by atoms with Crippen molar-refractivity contribution in [3.05, 3.63) is 64.1 Å². The van der Waals surface area contributed by atoms with Gasteiger partial charge in [-0.1, -0.05) is 59.6 Å². The molecule has 1 heterocycles. The zero-order valence-electron chi connectivity index (χ0n) is 15.5. The van der Waals surface area contributed by atoms with E-state index >= 15 is 0 Å². The Bertz CT molecular complexity index is 1050. The van der Waals surface area contributed by atoms with Crippen LogP contribution in [0, 0.1) is 0 Å². The molecule has 1 N–H and O–H groups in total. The lowest BCUT2D eigenvalue weighted by Gasteiger charge is -2.20. The highest BCUT2D eigenvalue weighted by Gasteiger charge is 2.23. The van der Waals surface area contributed by atoms with E-state index in [1.165, 1.54) is 0 Å². The van der Waals surface area contributed by atoms with Crippen molar-refractivity contribution in [3.63, 3.8) is 0 Å². The summed E-state index contributed by atoms with van der Waals surface area (Å²) in [6.45, 7) is 2.45. The fraction of sp³-hybridized carbons (Fsp3) is 0.227. The third-order valence-corrected chi connectivity index (χ3v) is 5.50. The molecule has 1 aliphatic rings. The Labute approximate surface area is 174 Å². The van der Waals surface area contributed by atoms with Gasteiger partial charge < -0.3 is 14.8 Å². The smallest absolute Gasteiger partial charge is 0.138 e. The molecule has 3 aromatic carbocycles. The quantitative estimate of drug-likeness (QED) is 0.564. The SMILES string of the molecule is COCCOc1c(C2=NCCN2)cc2ccccc2c1-c1cccc(Cl)c1Cl. The molecule has 28 heavy (non-hydrogen) atoms. The van der Waals surface area contributed by atoms with Crippen LogP contribution in [0.4, 0.5) is 0 Å². The second-order valence-corrected chi connectivity index (χ2v) is 7.23. The molecule has 0 aliphatic carbocycles. The molecular weight excluding hydrogens is 395 g/mol. The van der Waals surface area contributed by atoms with Gasteiger partial charge in [0.2, 0.25) is 0 Å². The maximum atomic E-state index is 6.62. The van der Waals surface area contributed by atoms with Crippen molar-refractivity contribution in [2.24, 2.45) is 4.99 Å². The summed E-state index contributed by atoms with van der Waals surface area (Å²) in [5, 5.41) is 6.49. The Morgan fingerprint density at radius 1 is 1.04 bits per heavy atom. The zero-order chi connectivity index (χ0) is 19.5. The molecule has 4 nitrogen and oxygen atoms in total. The van der Waals surface area contributed by atoms with E-state index in [0.29, 0.717) is 23.3 Å². The number of benzene rings is 3. The van der Waals surface area contributed by atoms with Crippen molar-refractivity contribution in [3.8, 4) is 16.9 Å². The van der Waals surface area contributed by atoms with E-state index in [-0.39, 0.29) is 0 Å². The highest BCUT2D eigenvalue weighted by Crippen LogP contribution is 2.44. The summed E-state index contributed by atoms with van der Waals surface area (Å²) in [5.74, 6) is 1.56. The van der Waals surface area contributed by atoms with Crippen LogP contribution in [0.1, 0.15) is 5.56 Å². The molecule has 1 aliphatic heterocycles. The molecule has 0 aromatic heterocycles. The van der Waals surface area contributed by atoms with E-state index in [1.54, 1.807) is 13.2 Å². The maximum Gasteiger partial charge on any atom is 0.138 e. The lowest BCUT2D eigenvalue weighted by atomic mass is 9.93. The molecule has 0 bridgehead atoms. The number of aliphatic imine (C=N–C) groups is 1. The predicted molar refractivity (Wildman–Crippen MR) is 116 cm³/mol. The fourth-order valence-corrected chi connectivity index (χ4v) is 3.82. The number of hydrogen-bond donors (Lipinski definition) is 1. The summed E-state index contributed by atoms with van der Waals surface area (Å²) in [4.78, 5) is 4.61. The molecular formula is C22H20Cl2N2O2. The van der Waals surface area contributed by atoms with Crippen LogP contribution in [0.3, 0.4) is 0 Å². The topological polar surface area (TPSA) is 42.9 Å². The average Bonchev–Trinajstić information content (AvgIpc) is 3.24. The van der Waals surface area contributed by atoms with Crippen LogP contribution in [0.25, 0.3) is 21.9 Å². The lowest BCUT2D eigenvalue weighted by molar-refractivity contribution is 0.146. The number of halogens is 2. The van der Waals surface area contributed by atoms with Gasteiger partial charge in [-0.25, -0.2) is 0 Å². The van der Waals surface area contributed by atoms with Crippen molar-refractivity contribution in [2.75, 3.05) is 33.4 Å². The first-order chi connectivity index (χ1) is 13.7. The number of nitrogens with zero attached hydrogens (tertiary/aromatic N) is 1. The minimum absolute atomic E-state index is 0.417. The van der Waals surface area contributed by atoms with Crippen molar-refractivity contribution >= 4 is 39.8 Å². The third-order valence-electron chi connectivity index (χ3n) is 4.69. The minimum Gasteiger partial charge on any atom is -0.490 e. The first kappa shape index (κ1) is 19.1. The Hall–Kier alpha value is -2.27. The lowest BCUT2D eigenvalue weighted by Crippen LogP contribution is -2.21. The summed E-state index contributed by atoms with van der Waals surface area (Å²) in [6, 6.07) is 15.9. The number of rotatable bonds is 6. The summed E-state index contributed by atoms with van der Waals surface area (Å²) in [6.07, 6.45) is 0. The molecule has 0 fully saturated rings. The Morgan fingerprint density at radius 2 is 1.89 bits per heavy atom. The fourth-order valence-electron chi connectivity index (χ4n) is 3.42. The van der Waals surface area contributed by atoms with Crippen molar-refractivity contribution in [2.45, 2.75) is 0 Å². The summed E-state index contributed by atoms with van der Waals surface area (Å²) in [7, 11) is 1.65. The number of amidine groups is 1. The average molecular weight is 415 g/mol. The Morgan fingerprint density at radius 3 is 2.68 bits per heavy atom. The molecule has 0 radical (unpaired) electrons. The maximum absolute atomic E-state index is 6.62. The van der Waals surface area contributed by atoms with Crippen LogP contribution in [0.5, 0.6) is 5.75 Å². The highest BCUT2D eigenvalue weighted by molar-refractivity contribution is 6.44. The number of ether oxygens (including phenoxy) is 2. The Kier molecular flexibility index (Phi) is 5.72. The molecule has 0 amide bonds. The van der Waals surface area contributed by atoms with Crippen LogP contribution in [-0.4, -0.2) is 39.2 Å². The second-order valence-electron chi connectivity index (χ2n) is 6.45. The van der Waals surface area contributed by atoms with Crippen LogP contribution in [0.15, 0.2) is 53.5 Å². The molecule has 3 aromatic rings. The zero-order valence-corrected chi connectivity index (χ0v) is 17.0. The van der Waals surface area contributed by atoms with Gasteiger partial charge in [-0.15, -0.1) is 0 Å². The van der Waals surface area contributed by atoms with E-state index in [0.717, 1.165) is 52.1 Å².